The van der Waals surface area contributed by atoms with Crippen LogP contribution in [0.15, 0.2) is 24.3 Å². The van der Waals surface area contributed by atoms with E-state index in [0.29, 0.717) is 6.61 Å². The van der Waals surface area contributed by atoms with Crippen molar-refractivity contribution in [3.8, 4) is 11.5 Å². The minimum Gasteiger partial charge on any atom is -0.493 e. The maximum atomic E-state index is 5.59. The molecule has 0 radical (unpaired) electrons. The van der Waals surface area contributed by atoms with E-state index in [0.717, 1.165) is 37.6 Å². The topological polar surface area (TPSA) is 30.5 Å². The van der Waals surface area contributed by atoms with Crippen LogP contribution in [-0.4, -0.2) is 26.3 Å². The number of nitrogens with one attached hydrogen (secondary N) is 1. The first-order chi connectivity index (χ1) is 7.86. The first kappa shape index (κ1) is 16.1. The highest BCUT2D eigenvalue weighted by atomic mass is 35.5. The van der Waals surface area contributed by atoms with Gasteiger partial charge in [0.25, 0.3) is 0 Å². The lowest BCUT2D eigenvalue weighted by Gasteiger charge is -2.09. The summed E-state index contributed by atoms with van der Waals surface area (Å²) in [6, 6.07) is 7.78. The Morgan fingerprint density at radius 3 is 2.29 bits per heavy atom. The molecule has 17 heavy (non-hydrogen) atoms. The molecule has 0 aliphatic rings. The summed E-state index contributed by atoms with van der Waals surface area (Å²) in [6.45, 7) is 7.46. The quantitative estimate of drug-likeness (QED) is 0.729. The molecule has 0 atom stereocenters. The number of hydrogen-bond donors (Lipinski definition) is 1. The summed E-state index contributed by atoms with van der Waals surface area (Å²) < 4.78 is 11.1. The first-order valence-electron chi connectivity index (χ1n) is 5.93. The SMILES string of the molecule is CCCOc1cccc(OCCNCC)c1.Cl. The normalized spacial score (nSPS) is 9.53. The molecule has 1 N–H and O–H groups in total. The smallest absolute Gasteiger partial charge is 0.123 e. The fourth-order valence-electron chi connectivity index (χ4n) is 1.29. The van der Waals surface area contributed by atoms with E-state index in [9.17, 15) is 0 Å². The summed E-state index contributed by atoms with van der Waals surface area (Å²) in [5.74, 6) is 1.74. The fraction of sp³-hybridized carbons (Fsp3) is 0.538. The Morgan fingerprint density at radius 1 is 1.06 bits per heavy atom. The molecule has 0 saturated carbocycles. The Hall–Kier alpha value is -0.930. The van der Waals surface area contributed by atoms with Crippen LogP contribution in [0.25, 0.3) is 0 Å². The summed E-state index contributed by atoms with van der Waals surface area (Å²) in [5, 5.41) is 3.21. The van der Waals surface area contributed by atoms with Crippen LogP contribution in [0.1, 0.15) is 20.3 Å². The van der Waals surface area contributed by atoms with E-state index in [1.165, 1.54) is 0 Å². The lowest BCUT2D eigenvalue weighted by atomic mass is 10.3. The van der Waals surface area contributed by atoms with Gasteiger partial charge in [0.05, 0.1) is 6.61 Å². The molecule has 0 aliphatic heterocycles. The second-order valence-corrected chi connectivity index (χ2v) is 3.53. The molecular formula is C13H22ClNO2. The molecule has 1 rings (SSSR count). The van der Waals surface area contributed by atoms with Gasteiger partial charge in [-0.1, -0.05) is 19.9 Å². The number of ether oxygens (including phenoxy) is 2. The van der Waals surface area contributed by atoms with Gasteiger partial charge in [0.15, 0.2) is 0 Å². The van der Waals surface area contributed by atoms with Crippen LogP contribution >= 0.6 is 12.4 Å². The van der Waals surface area contributed by atoms with Crippen LogP contribution in [0.3, 0.4) is 0 Å². The molecule has 0 amide bonds. The average molecular weight is 260 g/mol. The van der Waals surface area contributed by atoms with Crippen LogP contribution in [0.2, 0.25) is 0 Å². The zero-order valence-electron chi connectivity index (χ0n) is 10.6. The highest BCUT2D eigenvalue weighted by Crippen LogP contribution is 2.19. The monoisotopic (exact) mass is 259 g/mol. The van der Waals surface area contributed by atoms with Crippen molar-refractivity contribution in [2.24, 2.45) is 0 Å². The van der Waals surface area contributed by atoms with E-state index in [4.69, 9.17) is 9.47 Å². The predicted octanol–water partition coefficient (Wildman–Crippen LogP) is 2.89. The standard InChI is InChI=1S/C13H21NO2.ClH/c1-3-9-15-12-6-5-7-13(11-12)16-10-8-14-4-2;/h5-7,11,14H,3-4,8-10H2,1-2H3;1H. The highest BCUT2D eigenvalue weighted by Gasteiger charge is 1.97. The second-order valence-electron chi connectivity index (χ2n) is 3.53. The summed E-state index contributed by atoms with van der Waals surface area (Å²) in [7, 11) is 0. The van der Waals surface area contributed by atoms with Crippen LogP contribution < -0.4 is 14.8 Å². The molecule has 0 fully saturated rings. The average Bonchev–Trinajstić information content (AvgIpc) is 2.33. The van der Waals surface area contributed by atoms with Crippen molar-refractivity contribution >= 4 is 12.4 Å². The predicted molar refractivity (Wildman–Crippen MR) is 73.5 cm³/mol. The Kier molecular flexibility index (Phi) is 9.68. The third-order valence-electron chi connectivity index (χ3n) is 2.08. The third kappa shape index (κ3) is 7.08. The zero-order valence-corrected chi connectivity index (χ0v) is 11.4. The van der Waals surface area contributed by atoms with Gasteiger partial charge in [0.2, 0.25) is 0 Å². The minimum atomic E-state index is 0. The Labute approximate surface area is 110 Å². The van der Waals surface area contributed by atoms with Crippen molar-refractivity contribution in [1.82, 2.24) is 5.32 Å². The summed E-state index contributed by atoms with van der Waals surface area (Å²) in [4.78, 5) is 0. The molecule has 0 bridgehead atoms. The molecule has 0 unspecified atom stereocenters. The third-order valence-corrected chi connectivity index (χ3v) is 2.08. The van der Waals surface area contributed by atoms with Gasteiger partial charge < -0.3 is 14.8 Å². The fourth-order valence-corrected chi connectivity index (χ4v) is 1.29. The molecule has 0 spiro atoms. The van der Waals surface area contributed by atoms with Crippen molar-refractivity contribution in [3.63, 3.8) is 0 Å². The van der Waals surface area contributed by atoms with Gasteiger partial charge in [-0.2, -0.15) is 0 Å². The molecule has 0 aromatic heterocycles. The van der Waals surface area contributed by atoms with E-state index < -0.39 is 0 Å². The number of rotatable bonds is 8. The lowest BCUT2D eigenvalue weighted by Crippen LogP contribution is -2.20. The molecule has 4 heteroatoms. The lowest BCUT2D eigenvalue weighted by molar-refractivity contribution is 0.301. The Balaban J connectivity index is 0.00000256. The molecule has 0 heterocycles. The summed E-state index contributed by atoms with van der Waals surface area (Å²) in [6.07, 6.45) is 1.02. The van der Waals surface area contributed by atoms with Gasteiger partial charge in [0, 0.05) is 12.6 Å². The number of likely N-dealkylation sites (N-methyl/N-ethyl adjacent to an activating group) is 1. The maximum Gasteiger partial charge on any atom is 0.123 e. The van der Waals surface area contributed by atoms with Gasteiger partial charge >= 0.3 is 0 Å². The number of halogens is 1. The molecule has 0 saturated heterocycles. The van der Waals surface area contributed by atoms with Crippen molar-refractivity contribution in [3.05, 3.63) is 24.3 Å². The maximum absolute atomic E-state index is 5.59. The van der Waals surface area contributed by atoms with Crippen LogP contribution in [0.5, 0.6) is 11.5 Å². The Morgan fingerprint density at radius 2 is 1.71 bits per heavy atom. The molecule has 1 aromatic carbocycles. The second kappa shape index (κ2) is 10.2. The van der Waals surface area contributed by atoms with Crippen LogP contribution in [0, 0.1) is 0 Å². The van der Waals surface area contributed by atoms with Crippen LogP contribution in [-0.2, 0) is 0 Å². The van der Waals surface area contributed by atoms with E-state index in [1.807, 2.05) is 24.3 Å². The van der Waals surface area contributed by atoms with E-state index in [2.05, 4.69) is 19.2 Å². The van der Waals surface area contributed by atoms with E-state index >= 15 is 0 Å². The van der Waals surface area contributed by atoms with Crippen molar-refractivity contribution in [2.75, 3.05) is 26.3 Å². The van der Waals surface area contributed by atoms with Crippen molar-refractivity contribution in [1.29, 1.82) is 0 Å². The van der Waals surface area contributed by atoms with Gasteiger partial charge in [0.1, 0.15) is 18.1 Å². The number of hydrogen-bond acceptors (Lipinski definition) is 3. The van der Waals surface area contributed by atoms with Gasteiger partial charge in [-0.25, -0.2) is 0 Å². The van der Waals surface area contributed by atoms with E-state index in [1.54, 1.807) is 0 Å². The van der Waals surface area contributed by atoms with Gasteiger partial charge in [-0.15, -0.1) is 12.4 Å². The molecule has 3 nitrogen and oxygen atoms in total. The highest BCUT2D eigenvalue weighted by molar-refractivity contribution is 5.85. The Bertz CT molecular complexity index is 295. The molecule has 98 valence electrons. The number of benzene rings is 1. The summed E-state index contributed by atoms with van der Waals surface area (Å²) >= 11 is 0. The largest absolute Gasteiger partial charge is 0.493 e. The van der Waals surface area contributed by atoms with Crippen molar-refractivity contribution in [2.45, 2.75) is 20.3 Å². The van der Waals surface area contributed by atoms with Gasteiger partial charge in [-0.05, 0) is 25.1 Å². The molecule has 0 aliphatic carbocycles. The zero-order chi connectivity index (χ0) is 11.6. The van der Waals surface area contributed by atoms with Crippen molar-refractivity contribution < 1.29 is 9.47 Å². The van der Waals surface area contributed by atoms with Gasteiger partial charge in [-0.3, -0.25) is 0 Å². The summed E-state index contributed by atoms with van der Waals surface area (Å²) in [5.41, 5.74) is 0. The minimum absolute atomic E-state index is 0. The van der Waals surface area contributed by atoms with Crippen LogP contribution in [0.4, 0.5) is 0 Å². The first-order valence-corrected chi connectivity index (χ1v) is 5.93. The molecular weight excluding hydrogens is 238 g/mol. The van der Waals surface area contributed by atoms with E-state index in [-0.39, 0.29) is 12.4 Å². The molecule has 1 aromatic rings.